The number of rotatable bonds is 3. The van der Waals surface area contributed by atoms with Gasteiger partial charge in [-0.3, -0.25) is 0 Å². The lowest BCUT2D eigenvalue weighted by molar-refractivity contribution is 0.0528. The van der Waals surface area contributed by atoms with Crippen molar-refractivity contribution in [1.29, 1.82) is 0 Å². The first kappa shape index (κ1) is 12.4. The van der Waals surface area contributed by atoms with Crippen LogP contribution in [0.5, 0.6) is 0 Å². The van der Waals surface area contributed by atoms with Gasteiger partial charge in [-0.1, -0.05) is 42.5 Å². The van der Waals surface area contributed by atoms with Crippen LogP contribution in [0.3, 0.4) is 0 Å². The van der Waals surface area contributed by atoms with Crippen molar-refractivity contribution in [1.82, 2.24) is 0 Å². The Bertz CT molecular complexity index is 612. The lowest BCUT2D eigenvalue weighted by Gasteiger charge is -2.10. The second kappa shape index (κ2) is 5.05. The summed E-state index contributed by atoms with van der Waals surface area (Å²) in [4.78, 5) is 11.9. The van der Waals surface area contributed by atoms with Crippen LogP contribution in [0.4, 0.5) is 0 Å². The lowest BCUT2D eigenvalue weighted by Crippen LogP contribution is -2.05. The average Bonchev–Trinajstić information content (AvgIpc) is 2.37. The number of hydrogen-bond donors (Lipinski definition) is 0. The summed E-state index contributed by atoms with van der Waals surface area (Å²) in [6, 6.07) is 11.6. The molecule has 0 aliphatic heterocycles. The molecule has 2 nitrogen and oxygen atoms in total. The molecule has 2 heteroatoms. The maximum atomic E-state index is 11.9. The molecule has 0 unspecified atom stereocenters. The Kier molecular flexibility index (Phi) is 3.47. The molecule has 92 valence electrons. The van der Waals surface area contributed by atoms with Crippen molar-refractivity contribution >= 4 is 22.3 Å². The topological polar surface area (TPSA) is 26.3 Å². The second-order valence-corrected chi connectivity index (χ2v) is 4.21. The molecule has 0 saturated heterocycles. The predicted octanol–water partition coefficient (Wildman–Crippen LogP) is 4.05. The normalized spacial score (nSPS) is 10.3. The van der Waals surface area contributed by atoms with Gasteiger partial charge in [0, 0.05) is 0 Å². The van der Waals surface area contributed by atoms with Crippen molar-refractivity contribution in [2.24, 2.45) is 0 Å². The maximum absolute atomic E-state index is 11.9. The van der Waals surface area contributed by atoms with Crippen molar-refractivity contribution < 1.29 is 9.53 Å². The average molecular weight is 240 g/mol. The minimum Gasteiger partial charge on any atom is -0.462 e. The largest absolute Gasteiger partial charge is 0.462 e. The van der Waals surface area contributed by atoms with Crippen LogP contribution in [0, 0.1) is 0 Å². The van der Waals surface area contributed by atoms with E-state index in [0.717, 1.165) is 21.9 Å². The molecule has 0 aromatic heterocycles. The molecule has 0 aliphatic carbocycles. The molecule has 0 saturated carbocycles. The van der Waals surface area contributed by atoms with Crippen LogP contribution in [0.1, 0.15) is 29.8 Å². The molecule has 2 aromatic rings. The lowest BCUT2D eigenvalue weighted by atomic mass is 9.96. The number of hydrogen-bond acceptors (Lipinski definition) is 2. The number of esters is 1. The van der Waals surface area contributed by atoms with E-state index in [9.17, 15) is 4.79 Å². The molecule has 0 fully saturated rings. The van der Waals surface area contributed by atoms with E-state index in [4.69, 9.17) is 4.74 Å². The first-order chi connectivity index (χ1) is 8.65. The molecule has 2 rings (SSSR count). The predicted molar refractivity (Wildman–Crippen MR) is 74.6 cm³/mol. The highest BCUT2D eigenvalue weighted by atomic mass is 16.5. The zero-order valence-electron chi connectivity index (χ0n) is 10.7. The zero-order valence-corrected chi connectivity index (χ0v) is 10.7. The number of benzene rings is 2. The van der Waals surface area contributed by atoms with Gasteiger partial charge in [0.1, 0.15) is 0 Å². The molecule has 0 N–H and O–H groups in total. The number of carbonyl (C=O) groups excluding carboxylic acids is 1. The quantitative estimate of drug-likeness (QED) is 0.756. The molecule has 0 amide bonds. The van der Waals surface area contributed by atoms with Crippen molar-refractivity contribution in [3.63, 3.8) is 0 Å². The molecular weight excluding hydrogens is 224 g/mol. The van der Waals surface area contributed by atoms with Crippen LogP contribution in [-0.4, -0.2) is 12.6 Å². The van der Waals surface area contributed by atoms with Crippen molar-refractivity contribution in [3.8, 4) is 0 Å². The van der Waals surface area contributed by atoms with E-state index >= 15 is 0 Å². The summed E-state index contributed by atoms with van der Waals surface area (Å²) in [5.41, 5.74) is 2.66. The van der Waals surface area contributed by atoms with Gasteiger partial charge in [0.05, 0.1) is 12.2 Å². The van der Waals surface area contributed by atoms with E-state index in [-0.39, 0.29) is 5.97 Å². The van der Waals surface area contributed by atoms with E-state index in [1.807, 2.05) is 50.2 Å². The zero-order chi connectivity index (χ0) is 13.1. The van der Waals surface area contributed by atoms with E-state index in [0.29, 0.717) is 12.2 Å². The molecule has 0 radical (unpaired) electrons. The van der Waals surface area contributed by atoms with Gasteiger partial charge in [0.2, 0.25) is 0 Å². The van der Waals surface area contributed by atoms with Crippen LogP contribution in [0.15, 0.2) is 43.0 Å². The number of fused-ring (bicyclic) bond motifs is 1. The minimum atomic E-state index is -0.276. The Morgan fingerprint density at radius 3 is 2.22 bits per heavy atom. The third-order valence-corrected chi connectivity index (χ3v) is 2.88. The summed E-state index contributed by atoms with van der Waals surface area (Å²) >= 11 is 0. The number of ether oxygens (including phenoxy) is 1. The molecule has 2 aromatic carbocycles. The summed E-state index contributed by atoms with van der Waals surface area (Å²) in [6.45, 7) is 8.13. The Labute approximate surface area is 107 Å². The Morgan fingerprint density at radius 1 is 1.11 bits per heavy atom. The van der Waals surface area contributed by atoms with Gasteiger partial charge in [0.15, 0.2) is 0 Å². The third-order valence-electron chi connectivity index (χ3n) is 2.88. The highest BCUT2D eigenvalue weighted by Gasteiger charge is 2.12. The SMILES string of the molecule is C=C(C)c1ccc(C(=O)OCC)c2ccccc12. The Hall–Kier alpha value is -2.09. The summed E-state index contributed by atoms with van der Waals surface area (Å²) in [5, 5.41) is 1.95. The highest BCUT2D eigenvalue weighted by Crippen LogP contribution is 2.27. The molecule has 0 bridgehead atoms. The fourth-order valence-corrected chi connectivity index (χ4v) is 2.06. The number of carbonyl (C=O) groups is 1. The molecule has 18 heavy (non-hydrogen) atoms. The van der Waals surface area contributed by atoms with Gasteiger partial charge in [-0.15, -0.1) is 0 Å². The summed E-state index contributed by atoms with van der Waals surface area (Å²) in [7, 11) is 0. The van der Waals surface area contributed by atoms with Crippen LogP contribution >= 0.6 is 0 Å². The van der Waals surface area contributed by atoms with Gasteiger partial charge in [-0.2, -0.15) is 0 Å². The summed E-state index contributed by atoms with van der Waals surface area (Å²) < 4.78 is 5.08. The standard InChI is InChI=1S/C16H16O2/c1-4-18-16(17)15-10-9-12(11(2)3)13-7-5-6-8-14(13)15/h5-10H,2,4H2,1,3H3. The van der Waals surface area contributed by atoms with Gasteiger partial charge in [-0.05, 0) is 36.2 Å². The van der Waals surface area contributed by atoms with Gasteiger partial charge in [-0.25, -0.2) is 4.79 Å². The fraction of sp³-hybridized carbons (Fsp3) is 0.188. The fourth-order valence-electron chi connectivity index (χ4n) is 2.06. The molecule has 0 atom stereocenters. The molecule has 0 heterocycles. The summed E-state index contributed by atoms with van der Waals surface area (Å²) in [6.07, 6.45) is 0. The van der Waals surface area contributed by atoms with Crippen LogP contribution in [0.2, 0.25) is 0 Å². The number of allylic oxidation sites excluding steroid dienone is 1. The molecular formula is C16H16O2. The third kappa shape index (κ3) is 2.14. The minimum absolute atomic E-state index is 0.276. The van der Waals surface area contributed by atoms with E-state index in [1.54, 1.807) is 0 Å². The highest BCUT2D eigenvalue weighted by molar-refractivity contribution is 6.07. The van der Waals surface area contributed by atoms with Gasteiger partial charge in [0.25, 0.3) is 0 Å². The Balaban J connectivity index is 2.68. The van der Waals surface area contributed by atoms with Crippen molar-refractivity contribution in [2.75, 3.05) is 6.61 Å². The first-order valence-corrected chi connectivity index (χ1v) is 6.00. The Morgan fingerprint density at radius 2 is 1.67 bits per heavy atom. The van der Waals surface area contributed by atoms with Gasteiger partial charge < -0.3 is 4.74 Å². The van der Waals surface area contributed by atoms with Crippen LogP contribution in [-0.2, 0) is 4.74 Å². The van der Waals surface area contributed by atoms with Crippen molar-refractivity contribution in [3.05, 3.63) is 54.1 Å². The van der Waals surface area contributed by atoms with Crippen LogP contribution < -0.4 is 0 Å². The first-order valence-electron chi connectivity index (χ1n) is 6.00. The maximum Gasteiger partial charge on any atom is 0.338 e. The van der Waals surface area contributed by atoms with E-state index < -0.39 is 0 Å². The van der Waals surface area contributed by atoms with E-state index in [2.05, 4.69) is 6.58 Å². The monoisotopic (exact) mass is 240 g/mol. The smallest absolute Gasteiger partial charge is 0.338 e. The molecule has 0 aliphatic rings. The molecule has 0 spiro atoms. The van der Waals surface area contributed by atoms with Gasteiger partial charge >= 0.3 is 5.97 Å². The van der Waals surface area contributed by atoms with E-state index in [1.165, 1.54) is 0 Å². The van der Waals surface area contributed by atoms with Crippen molar-refractivity contribution in [2.45, 2.75) is 13.8 Å². The summed E-state index contributed by atoms with van der Waals surface area (Å²) in [5.74, 6) is -0.276. The second-order valence-electron chi connectivity index (χ2n) is 4.21. The van der Waals surface area contributed by atoms with Crippen LogP contribution in [0.25, 0.3) is 16.3 Å².